The van der Waals surface area contributed by atoms with Crippen LogP contribution in [-0.4, -0.2) is 12.6 Å². The van der Waals surface area contributed by atoms with Gasteiger partial charge in [-0.15, -0.1) is 0 Å². The first-order chi connectivity index (χ1) is 9.61. The van der Waals surface area contributed by atoms with E-state index >= 15 is 0 Å². The summed E-state index contributed by atoms with van der Waals surface area (Å²) < 4.78 is 18.5. The van der Waals surface area contributed by atoms with Crippen molar-refractivity contribution in [1.82, 2.24) is 0 Å². The standard InChI is InChI=1S/C15H15FN2O2/c1-2-20-15(19)11-9-10(7-8-13(11)17)18-14-6-4-3-5-12(14)16/h3-9,18H,2,17H2,1H3. The molecular weight excluding hydrogens is 259 g/mol. The summed E-state index contributed by atoms with van der Waals surface area (Å²) in [6.45, 7) is 1.98. The second-order valence-electron chi connectivity index (χ2n) is 4.13. The normalized spacial score (nSPS) is 10.1. The van der Waals surface area contributed by atoms with Crippen LogP contribution < -0.4 is 11.1 Å². The number of hydrogen-bond donors (Lipinski definition) is 2. The summed E-state index contributed by atoms with van der Waals surface area (Å²) in [5.74, 6) is -0.871. The highest BCUT2D eigenvalue weighted by Crippen LogP contribution is 2.23. The zero-order valence-corrected chi connectivity index (χ0v) is 11.0. The third-order valence-corrected chi connectivity index (χ3v) is 2.70. The van der Waals surface area contributed by atoms with Crippen molar-refractivity contribution in [1.29, 1.82) is 0 Å². The molecule has 0 saturated heterocycles. The largest absolute Gasteiger partial charge is 0.462 e. The minimum atomic E-state index is -0.498. The monoisotopic (exact) mass is 274 g/mol. The molecule has 0 bridgehead atoms. The summed E-state index contributed by atoms with van der Waals surface area (Å²) in [6.07, 6.45) is 0. The van der Waals surface area contributed by atoms with Gasteiger partial charge in [0.15, 0.2) is 0 Å². The second kappa shape index (κ2) is 6.06. The molecule has 3 N–H and O–H groups in total. The van der Waals surface area contributed by atoms with E-state index in [0.717, 1.165) is 0 Å². The maximum atomic E-state index is 13.6. The van der Waals surface area contributed by atoms with Crippen molar-refractivity contribution in [3.63, 3.8) is 0 Å². The van der Waals surface area contributed by atoms with Crippen molar-refractivity contribution in [2.45, 2.75) is 6.92 Å². The van der Waals surface area contributed by atoms with Crippen LogP contribution in [0.1, 0.15) is 17.3 Å². The molecule has 0 spiro atoms. The number of halogens is 1. The van der Waals surface area contributed by atoms with E-state index in [2.05, 4.69) is 5.32 Å². The van der Waals surface area contributed by atoms with Crippen LogP contribution in [0.3, 0.4) is 0 Å². The van der Waals surface area contributed by atoms with Gasteiger partial charge in [0.05, 0.1) is 17.9 Å². The topological polar surface area (TPSA) is 64.3 Å². The molecule has 2 aromatic rings. The van der Waals surface area contributed by atoms with Gasteiger partial charge in [-0.2, -0.15) is 0 Å². The highest BCUT2D eigenvalue weighted by molar-refractivity contribution is 5.96. The predicted octanol–water partition coefficient (Wildman–Crippen LogP) is 3.33. The molecule has 0 atom stereocenters. The third-order valence-electron chi connectivity index (χ3n) is 2.70. The van der Waals surface area contributed by atoms with E-state index in [0.29, 0.717) is 17.1 Å². The molecule has 0 aliphatic rings. The highest BCUT2D eigenvalue weighted by atomic mass is 19.1. The number of benzene rings is 2. The quantitative estimate of drug-likeness (QED) is 0.663. The first kappa shape index (κ1) is 13.9. The van der Waals surface area contributed by atoms with Crippen LogP contribution in [0.2, 0.25) is 0 Å². The lowest BCUT2D eigenvalue weighted by Gasteiger charge is -2.10. The molecule has 0 heterocycles. The average molecular weight is 274 g/mol. The lowest BCUT2D eigenvalue weighted by Crippen LogP contribution is -2.08. The average Bonchev–Trinajstić information content (AvgIpc) is 2.43. The van der Waals surface area contributed by atoms with Gasteiger partial charge in [-0.1, -0.05) is 12.1 Å². The lowest BCUT2D eigenvalue weighted by atomic mass is 10.1. The Hall–Kier alpha value is -2.56. The van der Waals surface area contributed by atoms with Crippen molar-refractivity contribution < 1.29 is 13.9 Å². The summed E-state index contributed by atoms with van der Waals surface area (Å²) in [5.41, 5.74) is 7.21. The predicted molar refractivity (Wildman–Crippen MR) is 76.5 cm³/mol. The van der Waals surface area contributed by atoms with Crippen molar-refractivity contribution >= 4 is 23.0 Å². The molecule has 104 valence electrons. The number of hydrogen-bond acceptors (Lipinski definition) is 4. The molecule has 5 heteroatoms. The van der Waals surface area contributed by atoms with Gasteiger partial charge in [-0.25, -0.2) is 9.18 Å². The molecule has 0 radical (unpaired) electrons. The molecule has 0 saturated carbocycles. The number of nitrogens with one attached hydrogen (secondary N) is 1. The first-order valence-corrected chi connectivity index (χ1v) is 6.20. The van der Waals surface area contributed by atoms with E-state index < -0.39 is 5.97 Å². The zero-order valence-electron chi connectivity index (χ0n) is 11.0. The van der Waals surface area contributed by atoms with E-state index in [1.807, 2.05) is 0 Å². The molecule has 0 unspecified atom stereocenters. The van der Waals surface area contributed by atoms with Crippen molar-refractivity contribution in [3.05, 3.63) is 53.8 Å². The maximum absolute atomic E-state index is 13.6. The maximum Gasteiger partial charge on any atom is 0.340 e. The minimum absolute atomic E-state index is 0.258. The molecule has 2 aromatic carbocycles. The van der Waals surface area contributed by atoms with Gasteiger partial charge in [0.25, 0.3) is 0 Å². The van der Waals surface area contributed by atoms with E-state index in [1.165, 1.54) is 6.07 Å². The SMILES string of the molecule is CCOC(=O)c1cc(Nc2ccccc2F)ccc1N. The van der Waals surface area contributed by atoms with E-state index in [4.69, 9.17) is 10.5 Å². The number of rotatable bonds is 4. The molecular formula is C15H15FN2O2. The van der Waals surface area contributed by atoms with Crippen LogP contribution in [0, 0.1) is 5.82 Å². The van der Waals surface area contributed by atoms with E-state index in [9.17, 15) is 9.18 Å². The van der Waals surface area contributed by atoms with Crippen LogP contribution >= 0.6 is 0 Å². The Labute approximate surface area is 116 Å². The third kappa shape index (κ3) is 3.06. The Morgan fingerprint density at radius 1 is 1.30 bits per heavy atom. The molecule has 0 aliphatic heterocycles. The van der Waals surface area contributed by atoms with Crippen LogP contribution in [0.5, 0.6) is 0 Å². The first-order valence-electron chi connectivity index (χ1n) is 6.20. The Morgan fingerprint density at radius 2 is 2.05 bits per heavy atom. The van der Waals surface area contributed by atoms with E-state index in [1.54, 1.807) is 43.3 Å². The molecule has 0 aromatic heterocycles. The number of ether oxygens (including phenoxy) is 1. The second-order valence-corrected chi connectivity index (χ2v) is 4.13. The highest BCUT2D eigenvalue weighted by Gasteiger charge is 2.12. The van der Waals surface area contributed by atoms with Gasteiger partial charge < -0.3 is 15.8 Å². The summed E-state index contributed by atoms with van der Waals surface area (Å²) in [4.78, 5) is 11.7. The number of esters is 1. The van der Waals surface area contributed by atoms with Crippen LogP contribution in [0.25, 0.3) is 0 Å². The van der Waals surface area contributed by atoms with Gasteiger partial charge in [0.2, 0.25) is 0 Å². The molecule has 0 amide bonds. The van der Waals surface area contributed by atoms with Crippen LogP contribution in [0.15, 0.2) is 42.5 Å². The van der Waals surface area contributed by atoms with Gasteiger partial charge in [-0.3, -0.25) is 0 Å². The Kier molecular flexibility index (Phi) is 4.20. The number of carbonyl (C=O) groups excluding carboxylic acids is 1. The van der Waals surface area contributed by atoms with Gasteiger partial charge in [0.1, 0.15) is 5.82 Å². The van der Waals surface area contributed by atoms with Crippen molar-refractivity contribution in [2.24, 2.45) is 0 Å². The molecule has 0 fully saturated rings. The number of para-hydroxylation sites is 1. The Balaban J connectivity index is 2.28. The summed E-state index contributed by atoms with van der Waals surface area (Å²) in [7, 11) is 0. The number of nitrogens with two attached hydrogens (primary N) is 1. The van der Waals surface area contributed by atoms with Crippen molar-refractivity contribution in [3.8, 4) is 0 Å². The number of carbonyl (C=O) groups is 1. The van der Waals surface area contributed by atoms with Crippen LogP contribution in [0.4, 0.5) is 21.5 Å². The van der Waals surface area contributed by atoms with Crippen molar-refractivity contribution in [2.75, 3.05) is 17.7 Å². The fraction of sp³-hybridized carbons (Fsp3) is 0.133. The van der Waals surface area contributed by atoms with E-state index in [-0.39, 0.29) is 18.0 Å². The fourth-order valence-corrected chi connectivity index (χ4v) is 1.74. The van der Waals surface area contributed by atoms with Crippen LogP contribution in [-0.2, 0) is 4.74 Å². The molecule has 20 heavy (non-hydrogen) atoms. The Morgan fingerprint density at radius 3 is 2.75 bits per heavy atom. The zero-order chi connectivity index (χ0) is 14.5. The molecule has 0 aliphatic carbocycles. The fourth-order valence-electron chi connectivity index (χ4n) is 1.74. The number of anilines is 3. The van der Waals surface area contributed by atoms with Gasteiger partial charge in [-0.05, 0) is 37.3 Å². The molecule has 2 rings (SSSR count). The van der Waals surface area contributed by atoms with Gasteiger partial charge >= 0.3 is 5.97 Å². The smallest absolute Gasteiger partial charge is 0.340 e. The Bertz CT molecular complexity index is 629. The van der Waals surface area contributed by atoms with Gasteiger partial charge in [0, 0.05) is 11.4 Å². The lowest BCUT2D eigenvalue weighted by molar-refractivity contribution is 0.0527. The minimum Gasteiger partial charge on any atom is -0.462 e. The summed E-state index contributed by atoms with van der Waals surface area (Å²) >= 11 is 0. The summed E-state index contributed by atoms with van der Waals surface area (Å²) in [5, 5.41) is 2.90. The summed E-state index contributed by atoms with van der Waals surface area (Å²) in [6, 6.07) is 11.1. The molecule has 4 nitrogen and oxygen atoms in total. The number of nitrogen functional groups attached to an aromatic ring is 1.